The molecule has 6 heteroatoms. The first-order chi connectivity index (χ1) is 13.7. The number of carbonyl (C=O) groups is 1. The highest BCUT2D eigenvalue weighted by molar-refractivity contribution is 7.92. The summed E-state index contributed by atoms with van der Waals surface area (Å²) in [5.74, 6) is -0.368. The third kappa shape index (κ3) is 3.72. The van der Waals surface area contributed by atoms with Gasteiger partial charge in [0.05, 0.1) is 11.9 Å². The molecule has 0 saturated carbocycles. The highest BCUT2D eigenvalue weighted by atomic mass is 32.2. The lowest BCUT2D eigenvalue weighted by Gasteiger charge is -2.23. The fourth-order valence-electron chi connectivity index (χ4n) is 3.96. The molecule has 0 spiro atoms. The number of sulfonamides is 1. The number of carbonyl (C=O) groups excluding carboxylic acids is 1. The maximum Gasteiger partial charge on any atom is 0.245 e. The van der Waals surface area contributed by atoms with E-state index in [1.165, 1.54) is 16.5 Å². The normalized spacial score (nSPS) is 12.9. The van der Waals surface area contributed by atoms with Crippen LogP contribution in [0.2, 0.25) is 0 Å². The predicted molar refractivity (Wildman–Crippen MR) is 118 cm³/mol. The maximum absolute atomic E-state index is 12.8. The zero-order chi connectivity index (χ0) is 20.8. The van der Waals surface area contributed by atoms with Crippen molar-refractivity contribution in [2.75, 3.05) is 22.4 Å². The molecule has 0 saturated heterocycles. The van der Waals surface area contributed by atoms with Gasteiger partial charge < -0.3 is 5.32 Å². The molecule has 1 aliphatic carbocycles. The largest absolute Gasteiger partial charge is 0.324 e. The van der Waals surface area contributed by atoms with Gasteiger partial charge in [0.25, 0.3) is 0 Å². The summed E-state index contributed by atoms with van der Waals surface area (Å²) in [4.78, 5) is 12.8. The van der Waals surface area contributed by atoms with Gasteiger partial charge in [-0.3, -0.25) is 9.10 Å². The van der Waals surface area contributed by atoms with E-state index in [0.29, 0.717) is 11.4 Å². The Morgan fingerprint density at radius 1 is 1.00 bits per heavy atom. The second kappa shape index (κ2) is 7.19. The van der Waals surface area contributed by atoms with Crippen LogP contribution in [0.5, 0.6) is 0 Å². The molecule has 150 valence electrons. The summed E-state index contributed by atoms with van der Waals surface area (Å²) in [5, 5.41) is 5.13. The van der Waals surface area contributed by atoms with Gasteiger partial charge in [-0.2, -0.15) is 0 Å². The van der Waals surface area contributed by atoms with Crippen molar-refractivity contribution in [1.82, 2.24) is 0 Å². The van der Waals surface area contributed by atoms with Crippen molar-refractivity contribution in [3.05, 3.63) is 70.8 Å². The van der Waals surface area contributed by atoms with Crippen LogP contribution in [0.3, 0.4) is 0 Å². The van der Waals surface area contributed by atoms with Crippen LogP contribution >= 0.6 is 0 Å². The first kappa shape index (κ1) is 19.5. The van der Waals surface area contributed by atoms with E-state index in [4.69, 9.17) is 0 Å². The molecule has 0 unspecified atom stereocenters. The van der Waals surface area contributed by atoms with Gasteiger partial charge in [0, 0.05) is 11.1 Å². The molecule has 0 bridgehead atoms. The minimum atomic E-state index is -3.61. The number of rotatable bonds is 5. The molecule has 0 fully saturated rings. The minimum Gasteiger partial charge on any atom is -0.324 e. The quantitative estimate of drug-likeness (QED) is 0.695. The van der Waals surface area contributed by atoms with E-state index >= 15 is 0 Å². The lowest BCUT2D eigenvalue weighted by molar-refractivity contribution is -0.114. The van der Waals surface area contributed by atoms with E-state index in [1.54, 1.807) is 12.1 Å². The number of hydrogen-bond donors (Lipinski definition) is 1. The van der Waals surface area contributed by atoms with Crippen molar-refractivity contribution in [3.63, 3.8) is 0 Å². The number of anilines is 2. The van der Waals surface area contributed by atoms with Gasteiger partial charge in [-0.1, -0.05) is 30.3 Å². The highest BCUT2D eigenvalue weighted by Gasteiger charge is 2.22. The molecule has 3 aromatic rings. The van der Waals surface area contributed by atoms with Crippen LogP contribution in [0.15, 0.2) is 48.5 Å². The Morgan fingerprint density at radius 2 is 1.72 bits per heavy atom. The maximum atomic E-state index is 12.8. The number of amides is 1. The molecule has 1 N–H and O–H groups in total. The number of benzene rings is 3. The monoisotopic (exact) mass is 408 g/mol. The summed E-state index contributed by atoms with van der Waals surface area (Å²) in [6, 6.07) is 15.5. The first-order valence-corrected chi connectivity index (χ1v) is 11.5. The van der Waals surface area contributed by atoms with Crippen molar-refractivity contribution < 1.29 is 13.2 Å². The van der Waals surface area contributed by atoms with Crippen LogP contribution < -0.4 is 9.62 Å². The fourth-order valence-corrected chi connectivity index (χ4v) is 4.81. The van der Waals surface area contributed by atoms with Crippen molar-refractivity contribution in [1.29, 1.82) is 0 Å². The number of aryl methyl sites for hydroxylation is 4. The molecule has 5 nitrogen and oxygen atoms in total. The molecule has 0 heterocycles. The predicted octanol–water partition coefficient (Wildman–Crippen LogP) is 3.96. The van der Waals surface area contributed by atoms with Crippen LogP contribution in [-0.4, -0.2) is 27.1 Å². The van der Waals surface area contributed by atoms with E-state index in [-0.39, 0.29) is 12.5 Å². The summed E-state index contributed by atoms with van der Waals surface area (Å²) in [6.45, 7) is 3.61. The van der Waals surface area contributed by atoms with Gasteiger partial charge in [-0.05, 0) is 72.5 Å². The van der Waals surface area contributed by atoms with Gasteiger partial charge in [0.15, 0.2) is 0 Å². The minimum absolute atomic E-state index is 0.274. The topological polar surface area (TPSA) is 66.5 Å². The van der Waals surface area contributed by atoms with Gasteiger partial charge in [-0.25, -0.2) is 8.42 Å². The summed E-state index contributed by atoms with van der Waals surface area (Å²) < 4.78 is 25.9. The average Bonchev–Trinajstić information content (AvgIpc) is 3.08. The van der Waals surface area contributed by atoms with Gasteiger partial charge in [0.1, 0.15) is 6.54 Å². The van der Waals surface area contributed by atoms with E-state index in [9.17, 15) is 13.2 Å². The van der Waals surface area contributed by atoms with Crippen LogP contribution in [-0.2, 0) is 27.7 Å². The van der Waals surface area contributed by atoms with Crippen molar-refractivity contribution in [3.8, 4) is 0 Å². The smallest absolute Gasteiger partial charge is 0.245 e. The van der Waals surface area contributed by atoms with Crippen LogP contribution in [0, 0.1) is 13.8 Å². The summed E-state index contributed by atoms with van der Waals surface area (Å²) in [6.07, 6.45) is 3.14. The second-order valence-corrected chi connectivity index (χ2v) is 9.61. The number of hydrogen-bond acceptors (Lipinski definition) is 3. The Morgan fingerprint density at radius 3 is 2.41 bits per heavy atom. The van der Waals surface area contributed by atoms with Crippen LogP contribution in [0.4, 0.5) is 11.4 Å². The van der Waals surface area contributed by atoms with Gasteiger partial charge >= 0.3 is 0 Å². The molecule has 4 rings (SSSR count). The van der Waals surface area contributed by atoms with Crippen LogP contribution in [0.1, 0.15) is 22.3 Å². The standard InChI is InChI=1S/C23H24N2O3S/c1-15-7-11-19(13-16(15)2)25(29(3,27)28)14-22(26)24-21-12-10-18-9-8-17-5-4-6-20(21)23(17)18/h4-7,10-13H,8-9,14H2,1-3H3,(H,24,26). The molecular weight excluding hydrogens is 384 g/mol. The molecule has 0 atom stereocenters. The molecule has 0 radical (unpaired) electrons. The van der Waals surface area contributed by atoms with E-state index in [2.05, 4.69) is 11.4 Å². The summed E-state index contributed by atoms with van der Waals surface area (Å²) in [7, 11) is -3.61. The average molecular weight is 409 g/mol. The molecule has 0 aliphatic heterocycles. The zero-order valence-electron chi connectivity index (χ0n) is 16.8. The van der Waals surface area contributed by atoms with Gasteiger partial charge in [-0.15, -0.1) is 0 Å². The SMILES string of the molecule is Cc1ccc(N(CC(=O)Nc2ccc3c4c(cccc24)CC3)S(C)(=O)=O)cc1C. The van der Waals surface area contributed by atoms with Crippen molar-refractivity contribution in [2.24, 2.45) is 0 Å². The Labute approximate surface area is 171 Å². The highest BCUT2D eigenvalue weighted by Crippen LogP contribution is 2.35. The molecule has 1 amide bonds. The lowest BCUT2D eigenvalue weighted by Crippen LogP contribution is -2.37. The lowest BCUT2D eigenvalue weighted by atomic mass is 10.0. The van der Waals surface area contributed by atoms with Gasteiger partial charge in [0.2, 0.25) is 15.9 Å². The number of nitrogens with one attached hydrogen (secondary N) is 1. The molecular formula is C23H24N2O3S. The summed E-state index contributed by atoms with van der Waals surface area (Å²) in [5.41, 5.74) is 5.84. The second-order valence-electron chi connectivity index (χ2n) is 7.70. The first-order valence-electron chi connectivity index (χ1n) is 9.62. The zero-order valence-corrected chi connectivity index (χ0v) is 17.6. The van der Waals surface area contributed by atoms with Crippen molar-refractivity contribution in [2.45, 2.75) is 26.7 Å². The molecule has 3 aromatic carbocycles. The molecule has 29 heavy (non-hydrogen) atoms. The Hall–Kier alpha value is -2.86. The molecule has 0 aromatic heterocycles. The fraction of sp³-hybridized carbons (Fsp3) is 0.261. The molecule has 1 aliphatic rings. The number of nitrogens with zero attached hydrogens (tertiary/aromatic N) is 1. The van der Waals surface area contributed by atoms with E-state index in [0.717, 1.165) is 39.9 Å². The van der Waals surface area contributed by atoms with Crippen LogP contribution in [0.25, 0.3) is 10.8 Å². The Kier molecular flexibility index (Phi) is 4.82. The Balaban J connectivity index is 1.63. The van der Waals surface area contributed by atoms with Crippen molar-refractivity contribution >= 4 is 38.1 Å². The van der Waals surface area contributed by atoms with E-state index < -0.39 is 10.0 Å². The summed E-state index contributed by atoms with van der Waals surface area (Å²) >= 11 is 0. The van der Waals surface area contributed by atoms with E-state index in [1.807, 2.05) is 44.2 Å². The third-order valence-corrected chi connectivity index (χ3v) is 6.76. The Bertz CT molecular complexity index is 1220. The third-order valence-electron chi connectivity index (χ3n) is 5.62.